The van der Waals surface area contributed by atoms with Gasteiger partial charge in [0.15, 0.2) is 0 Å². The Balaban J connectivity index is 1.80. The van der Waals surface area contributed by atoms with Crippen molar-refractivity contribution < 1.29 is 13.2 Å². The van der Waals surface area contributed by atoms with Gasteiger partial charge in [-0.3, -0.25) is 4.90 Å². The number of benzene rings is 2. The summed E-state index contributed by atoms with van der Waals surface area (Å²) in [5.74, 6) is 0.798. The van der Waals surface area contributed by atoms with E-state index in [9.17, 15) is 8.42 Å². The maximum atomic E-state index is 12.8. The average Bonchev–Trinajstić information content (AvgIpc) is 2.71. The molecule has 2 aromatic carbocycles. The first-order valence-electron chi connectivity index (χ1n) is 9.54. The van der Waals surface area contributed by atoms with E-state index in [2.05, 4.69) is 25.6 Å². The maximum absolute atomic E-state index is 12.8. The lowest BCUT2D eigenvalue weighted by atomic mass is 10.0. The van der Waals surface area contributed by atoms with Crippen LogP contribution in [0.5, 0.6) is 5.75 Å². The van der Waals surface area contributed by atoms with Crippen LogP contribution < -0.4 is 9.46 Å². The molecule has 1 unspecified atom stereocenters. The van der Waals surface area contributed by atoms with Crippen LogP contribution in [0, 0.1) is 6.92 Å². The quantitative estimate of drug-likeness (QED) is 0.661. The minimum atomic E-state index is -3.58. The zero-order valence-corrected chi connectivity index (χ0v) is 18.7. The second-order valence-corrected chi connectivity index (χ2v) is 9.77. The van der Waals surface area contributed by atoms with Crippen molar-refractivity contribution in [3.63, 3.8) is 0 Å². The zero-order chi connectivity index (χ0) is 20.1. The molecule has 7 heteroatoms. The van der Waals surface area contributed by atoms with Crippen LogP contribution >= 0.6 is 15.9 Å². The highest BCUT2D eigenvalue weighted by Gasteiger charge is 2.25. The number of nitrogens with one attached hydrogen (secondary N) is 1. The molecule has 1 heterocycles. The van der Waals surface area contributed by atoms with Crippen LogP contribution in [-0.4, -0.2) is 40.1 Å². The molecule has 0 aromatic heterocycles. The normalized spacial score (nSPS) is 16.7. The predicted octanol–water partition coefficient (Wildman–Crippen LogP) is 4.27. The van der Waals surface area contributed by atoms with Crippen molar-refractivity contribution in [2.24, 2.45) is 0 Å². The number of halogens is 1. The van der Waals surface area contributed by atoms with Gasteiger partial charge < -0.3 is 4.74 Å². The van der Waals surface area contributed by atoms with Crippen LogP contribution in [-0.2, 0) is 10.0 Å². The van der Waals surface area contributed by atoms with Crippen LogP contribution in [0.25, 0.3) is 0 Å². The van der Waals surface area contributed by atoms with Crippen molar-refractivity contribution in [2.45, 2.75) is 37.1 Å². The van der Waals surface area contributed by atoms with Gasteiger partial charge in [0.25, 0.3) is 0 Å². The van der Waals surface area contributed by atoms with Crippen molar-refractivity contribution in [3.05, 3.63) is 58.1 Å². The number of rotatable bonds is 7. The number of piperidine rings is 1. The molecule has 0 bridgehead atoms. The van der Waals surface area contributed by atoms with E-state index in [-0.39, 0.29) is 6.04 Å². The molecule has 1 fully saturated rings. The molecule has 1 saturated heterocycles. The minimum Gasteiger partial charge on any atom is -0.497 e. The van der Waals surface area contributed by atoms with E-state index in [0.29, 0.717) is 11.4 Å². The molecule has 1 atom stereocenters. The summed E-state index contributed by atoms with van der Waals surface area (Å²) in [6, 6.07) is 13.0. The maximum Gasteiger partial charge on any atom is 0.240 e. The molecule has 1 aliphatic rings. The fourth-order valence-corrected chi connectivity index (χ4v) is 4.94. The summed E-state index contributed by atoms with van der Waals surface area (Å²) in [4.78, 5) is 2.67. The smallest absolute Gasteiger partial charge is 0.240 e. The van der Waals surface area contributed by atoms with Gasteiger partial charge in [-0.2, -0.15) is 0 Å². The monoisotopic (exact) mass is 466 g/mol. The first kappa shape index (κ1) is 21.3. The number of hydrogen-bond donors (Lipinski definition) is 1. The van der Waals surface area contributed by atoms with E-state index in [1.54, 1.807) is 25.3 Å². The van der Waals surface area contributed by atoms with Gasteiger partial charge in [0.1, 0.15) is 5.75 Å². The zero-order valence-electron chi connectivity index (χ0n) is 16.3. The largest absolute Gasteiger partial charge is 0.497 e. The Morgan fingerprint density at radius 2 is 1.79 bits per heavy atom. The molecule has 3 rings (SSSR count). The van der Waals surface area contributed by atoms with Crippen molar-refractivity contribution in [2.75, 3.05) is 26.7 Å². The fourth-order valence-electron chi connectivity index (χ4n) is 3.57. The molecule has 28 heavy (non-hydrogen) atoms. The van der Waals surface area contributed by atoms with Crippen molar-refractivity contribution in [1.29, 1.82) is 0 Å². The van der Waals surface area contributed by atoms with Gasteiger partial charge in [-0.1, -0.05) is 34.5 Å². The summed E-state index contributed by atoms with van der Waals surface area (Å²) in [5.41, 5.74) is 1.99. The summed E-state index contributed by atoms with van der Waals surface area (Å²) >= 11 is 3.42. The summed E-state index contributed by atoms with van der Waals surface area (Å²) in [7, 11) is -1.93. The Hall–Kier alpha value is -1.41. The van der Waals surface area contributed by atoms with E-state index in [0.717, 1.165) is 47.3 Å². The molecular formula is C21H27BrN2O3S. The Kier molecular flexibility index (Phi) is 7.15. The van der Waals surface area contributed by atoms with Crippen LogP contribution in [0.4, 0.5) is 0 Å². The van der Waals surface area contributed by atoms with Crippen molar-refractivity contribution in [3.8, 4) is 5.75 Å². The van der Waals surface area contributed by atoms with E-state index < -0.39 is 10.0 Å². The standard InChI is InChI=1S/C21H27BrN2O3S/c1-16-14-19(10-11-20(16)22)28(25,26)23-15-21(24-12-4-3-5-13-24)17-6-8-18(27-2)9-7-17/h6-11,14,21,23H,3-5,12-13,15H2,1-2H3. The molecule has 0 amide bonds. The topological polar surface area (TPSA) is 58.6 Å². The Bertz CT molecular complexity index is 894. The molecule has 0 radical (unpaired) electrons. The van der Waals surface area contributed by atoms with Crippen molar-refractivity contribution >= 4 is 26.0 Å². The number of sulfonamides is 1. The van der Waals surface area contributed by atoms with Gasteiger partial charge in [-0.25, -0.2) is 13.1 Å². The number of likely N-dealkylation sites (tertiary alicyclic amines) is 1. The SMILES string of the molecule is COc1ccc(C(CNS(=O)(=O)c2ccc(Br)c(C)c2)N2CCCCC2)cc1. The van der Waals surface area contributed by atoms with Crippen LogP contribution in [0.2, 0.25) is 0 Å². The highest BCUT2D eigenvalue weighted by molar-refractivity contribution is 9.10. The van der Waals surface area contributed by atoms with Crippen LogP contribution in [0.1, 0.15) is 36.4 Å². The lowest BCUT2D eigenvalue weighted by molar-refractivity contribution is 0.164. The van der Waals surface area contributed by atoms with Crippen molar-refractivity contribution in [1.82, 2.24) is 9.62 Å². The Morgan fingerprint density at radius 3 is 2.39 bits per heavy atom. The van der Waals surface area contributed by atoms with E-state index >= 15 is 0 Å². The second kappa shape index (κ2) is 9.39. The summed E-state index contributed by atoms with van der Waals surface area (Å²) in [6.45, 7) is 4.19. The first-order chi connectivity index (χ1) is 13.4. The molecular weight excluding hydrogens is 440 g/mol. The second-order valence-electron chi connectivity index (χ2n) is 7.15. The summed E-state index contributed by atoms with van der Waals surface area (Å²) in [5, 5.41) is 0. The average molecular weight is 467 g/mol. The van der Waals surface area contributed by atoms with Crippen LogP contribution in [0.3, 0.4) is 0 Å². The number of hydrogen-bond acceptors (Lipinski definition) is 4. The number of methoxy groups -OCH3 is 1. The number of nitrogens with zero attached hydrogens (tertiary/aromatic N) is 1. The number of aryl methyl sites for hydroxylation is 1. The van der Waals surface area contributed by atoms with Gasteiger partial charge in [-0.15, -0.1) is 0 Å². The fraction of sp³-hybridized carbons (Fsp3) is 0.429. The third-order valence-corrected chi connectivity index (χ3v) is 7.55. The minimum absolute atomic E-state index is 0.00229. The van der Waals surface area contributed by atoms with E-state index in [1.807, 2.05) is 31.2 Å². The molecule has 0 spiro atoms. The first-order valence-corrected chi connectivity index (χ1v) is 11.8. The molecule has 5 nitrogen and oxygen atoms in total. The van der Waals surface area contributed by atoms with Gasteiger partial charge in [0.05, 0.1) is 12.0 Å². The predicted molar refractivity (Wildman–Crippen MR) is 115 cm³/mol. The molecule has 1 N–H and O–H groups in total. The van der Waals surface area contributed by atoms with Crippen LogP contribution in [0.15, 0.2) is 51.8 Å². The van der Waals surface area contributed by atoms with Gasteiger partial charge in [-0.05, 0) is 74.3 Å². The molecule has 152 valence electrons. The lowest BCUT2D eigenvalue weighted by Crippen LogP contribution is -2.40. The third-order valence-electron chi connectivity index (χ3n) is 5.24. The molecule has 0 saturated carbocycles. The Morgan fingerprint density at radius 1 is 1.11 bits per heavy atom. The highest BCUT2D eigenvalue weighted by atomic mass is 79.9. The number of ether oxygens (including phenoxy) is 1. The van der Waals surface area contributed by atoms with E-state index in [4.69, 9.17) is 4.74 Å². The molecule has 2 aromatic rings. The summed E-state index contributed by atoms with van der Waals surface area (Å²) in [6.07, 6.45) is 3.52. The van der Waals surface area contributed by atoms with Gasteiger partial charge >= 0.3 is 0 Å². The van der Waals surface area contributed by atoms with Gasteiger partial charge in [0.2, 0.25) is 10.0 Å². The Labute approximate surface area is 176 Å². The van der Waals surface area contributed by atoms with Gasteiger partial charge in [0, 0.05) is 17.1 Å². The van der Waals surface area contributed by atoms with E-state index in [1.165, 1.54) is 6.42 Å². The lowest BCUT2D eigenvalue weighted by Gasteiger charge is -2.35. The third kappa shape index (κ3) is 5.14. The molecule has 1 aliphatic heterocycles. The summed E-state index contributed by atoms with van der Waals surface area (Å²) < 4.78 is 34.7. The highest BCUT2D eigenvalue weighted by Crippen LogP contribution is 2.27. The molecule has 0 aliphatic carbocycles.